The smallest absolute Gasteiger partial charge is 0.172 e. The van der Waals surface area contributed by atoms with E-state index in [1.165, 1.54) is 15.4 Å². The Morgan fingerprint density at radius 1 is 0.462 bits per heavy atom. The van der Waals surface area contributed by atoms with Gasteiger partial charge in [-0.05, 0) is 135 Å². The highest BCUT2D eigenvalue weighted by Crippen LogP contribution is 2.29. The van der Waals surface area contributed by atoms with Crippen molar-refractivity contribution in [1.82, 2.24) is 51.2 Å². The van der Waals surface area contributed by atoms with Crippen molar-refractivity contribution in [2.45, 2.75) is 27.9 Å². The fraction of sp³-hybridized carbons (Fsp3) is 0.0588. The van der Waals surface area contributed by atoms with Crippen molar-refractivity contribution >= 4 is 69.6 Å². The Balaban J connectivity index is 0.000000164. The van der Waals surface area contributed by atoms with Gasteiger partial charge in [-0.3, -0.25) is 4.98 Å². The molecule has 2 N–H and O–H groups in total. The molecule has 0 amide bonds. The lowest BCUT2D eigenvalue weighted by atomic mass is 10.2. The minimum Gasteiger partial charge on any atom is -0.487 e. The predicted octanol–water partition coefficient (Wildman–Crippen LogP) is 11.8. The Hall–Kier alpha value is -7.94. The van der Waals surface area contributed by atoms with Gasteiger partial charge in [-0.2, -0.15) is 0 Å². The van der Waals surface area contributed by atoms with E-state index in [-0.39, 0.29) is 0 Å². The number of thioether (sulfide) groups is 2. The van der Waals surface area contributed by atoms with Crippen molar-refractivity contribution < 1.29 is 9.47 Å². The molecular weight excluding hydrogens is 849 g/mol. The highest BCUT2D eigenvalue weighted by atomic mass is 32.2. The molecule has 0 aliphatic carbocycles. The number of fused-ring (bicyclic) bond motifs is 2. The van der Waals surface area contributed by atoms with Crippen LogP contribution in [0.2, 0.25) is 0 Å². The van der Waals surface area contributed by atoms with Crippen LogP contribution < -0.4 is 9.47 Å². The molecule has 65 heavy (non-hydrogen) atoms. The highest BCUT2D eigenvalue weighted by Gasteiger charge is 2.05. The number of aromatic amines is 2. The molecule has 0 aliphatic heterocycles. The summed E-state index contributed by atoms with van der Waals surface area (Å²) in [6.45, 7) is 0.448. The summed E-state index contributed by atoms with van der Waals surface area (Å²) >= 11 is 3.55. The lowest BCUT2D eigenvalue weighted by molar-refractivity contribution is 0.302. The van der Waals surface area contributed by atoms with Crippen molar-refractivity contribution in [3.8, 4) is 17.2 Å². The number of para-hydroxylation sites is 2. The molecule has 0 aliphatic rings. The van der Waals surface area contributed by atoms with E-state index in [9.17, 15) is 0 Å². The van der Waals surface area contributed by atoms with Gasteiger partial charge in [0.2, 0.25) is 0 Å². The molecule has 14 heteroatoms. The normalized spacial score (nSPS) is 11.3. The number of nitrogens with one attached hydrogen (secondary N) is 2. The molecule has 10 aromatic rings. The molecule has 318 valence electrons. The summed E-state index contributed by atoms with van der Waals surface area (Å²) in [5.74, 6) is 5.33. The fourth-order valence-corrected chi connectivity index (χ4v) is 8.22. The van der Waals surface area contributed by atoms with Crippen molar-refractivity contribution in [1.29, 1.82) is 0 Å². The maximum absolute atomic E-state index is 6.02. The zero-order chi connectivity index (χ0) is 43.9. The Kier molecular flexibility index (Phi) is 14.0. The molecule has 0 spiro atoms. The second kappa shape index (κ2) is 21.4. The largest absolute Gasteiger partial charge is 0.487 e. The fourth-order valence-electron chi connectivity index (χ4n) is 6.49. The number of aromatic nitrogens is 10. The van der Waals surface area contributed by atoms with E-state index < -0.39 is 0 Å². The van der Waals surface area contributed by atoms with Crippen LogP contribution in [-0.4, -0.2) is 51.2 Å². The number of benzene rings is 6. The molecule has 10 rings (SSSR count). The van der Waals surface area contributed by atoms with Crippen LogP contribution in [0.15, 0.2) is 180 Å². The van der Waals surface area contributed by atoms with E-state index in [4.69, 9.17) is 14.5 Å². The Morgan fingerprint density at radius 2 is 1.06 bits per heavy atom. The zero-order valence-corrected chi connectivity index (χ0v) is 36.4. The van der Waals surface area contributed by atoms with Gasteiger partial charge < -0.3 is 9.47 Å². The van der Waals surface area contributed by atoms with E-state index in [1.54, 1.807) is 23.5 Å². The summed E-state index contributed by atoms with van der Waals surface area (Å²) in [5.41, 5.74) is 7.34. The lowest BCUT2D eigenvalue weighted by Crippen LogP contribution is -1.98. The first kappa shape index (κ1) is 42.4. The van der Waals surface area contributed by atoms with Gasteiger partial charge in [0.15, 0.2) is 11.6 Å². The minimum atomic E-state index is 0.448. The number of hydrogen-bond donors (Lipinski definition) is 2. The Bertz CT molecular complexity index is 3150. The molecule has 0 unspecified atom stereocenters. The van der Waals surface area contributed by atoms with E-state index in [0.717, 1.165) is 73.1 Å². The van der Waals surface area contributed by atoms with Crippen LogP contribution in [0.4, 0.5) is 0 Å². The van der Waals surface area contributed by atoms with Crippen molar-refractivity contribution in [2.24, 2.45) is 0 Å². The average molecular weight is 889 g/mol. The minimum absolute atomic E-state index is 0.448. The van der Waals surface area contributed by atoms with E-state index >= 15 is 0 Å². The van der Waals surface area contributed by atoms with Crippen molar-refractivity contribution in [3.63, 3.8) is 0 Å². The van der Waals surface area contributed by atoms with Gasteiger partial charge in [0.05, 0.1) is 22.4 Å². The first-order valence-electron chi connectivity index (χ1n) is 20.6. The molecule has 0 radical (unpaired) electrons. The van der Waals surface area contributed by atoms with Gasteiger partial charge in [0.1, 0.15) is 23.9 Å². The number of tetrazole rings is 2. The van der Waals surface area contributed by atoms with Crippen LogP contribution in [0.1, 0.15) is 39.7 Å². The molecule has 12 nitrogen and oxygen atoms in total. The van der Waals surface area contributed by atoms with Crippen molar-refractivity contribution in [3.05, 3.63) is 210 Å². The van der Waals surface area contributed by atoms with E-state index in [1.807, 2.05) is 115 Å². The average Bonchev–Trinajstić information content (AvgIpc) is 4.10. The third-order valence-corrected chi connectivity index (χ3v) is 11.9. The number of nitrogens with zero attached hydrogens (tertiary/aromatic N) is 8. The molecule has 0 fully saturated rings. The second-order valence-corrected chi connectivity index (χ2v) is 16.6. The number of H-pyrrole nitrogens is 2. The topological polar surface area (TPSA) is 153 Å². The second-order valence-electron chi connectivity index (χ2n) is 14.5. The van der Waals surface area contributed by atoms with Gasteiger partial charge in [-0.1, -0.05) is 97.1 Å². The summed E-state index contributed by atoms with van der Waals surface area (Å²) in [4.78, 5) is 11.8. The molecule has 0 saturated carbocycles. The molecule has 0 atom stereocenters. The Morgan fingerprint density at radius 3 is 1.74 bits per heavy atom. The molecule has 0 saturated heterocycles. The number of rotatable bonds is 15. The third-order valence-electron chi connectivity index (χ3n) is 9.78. The monoisotopic (exact) mass is 888 g/mol. The Labute approximate surface area is 383 Å². The number of pyridine rings is 2. The number of ether oxygens (including phenoxy) is 2. The van der Waals surface area contributed by atoms with Crippen LogP contribution in [-0.2, 0) is 18.1 Å². The first-order chi connectivity index (χ1) is 32.1. The first-order valence-corrected chi connectivity index (χ1v) is 22.6. The summed E-state index contributed by atoms with van der Waals surface area (Å²) in [6, 6.07) is 57.2. The maximum atomic E-state index is 6.02. The number of hydrogen-bond acceptors (Lipinski definition) is 12. The summed E-state index contributed by atoms with van der Waals surface area (Å²) in [7, 11) is 0. The molecular formula is C51H40N10O2S2. The summed E-state index contributed by atoms with van der Waals surface area (Å²) < 4.78 is 12.0. The zero-order valence-electron chi connectivity index (χ0n) is 34.8. The summed E-state index contributed by atoms with van der Waals surface area (Å²) in [5, 5.41) is 29.7. The van der Waals surface area contributed by atoms with Gasteiger partial charge in [-0.15, -0.1) is 33.7 Å². The molecule has 0 bridgehead atoms. The highest BCUT2D eigenvalue weighted by molar-refractivity contribution is 7.98. The maximum Gasteiger partial charge on any atom is 0.172 e. The molecule has 4 heterocycles. The molecule has 4 aromatic heterocycles. The van der Waals surface area contributed by atoms with Crippen LogP contribution in [0.3, 0.4) is 0 Å². The summed E-state index contributed by atoms with van der Waals surface area (Å²) in [6.07, 6.45) is 7.59. The molecule has 6 aromatic carbocycles. The van der Waals surface area contributed by atoms with Crippen LogP contribution >= 0.6 is 23.5 Å². The van der Waals surface area contributed by atoms with Crippen LogP contribution in [0, 0.1) is 0 Å². The lowest BCUT2D eigenvalue weighted by Gasteiger charge is -2.08. The third kappa shape index (κ3) is 12.4. The van der Waals surface area contributed by atoms with Gasteiger partial charge in [-0.25, -0.2) is 15.2 Å². The quantitative estimate of drug-likeness (QED) is 0.0942. The standard InChI is InChI=1S/C26H21N5OS.C25H19N5OS/c1-2-7-25-21(5-1)11-12-22(27-25)17-32-23-13-8-20(9-14-23)18-33-24-6-3-4-19(16-24)10-15-26-28-30-31-29-26;1-2-7-24-19(5-1)9-10-20(26-24)17-32-23-13-11-21(12-14-23)31-22-6-3-4-18(16-22)8-15-25-27-29-30-28-25/h1-16H,17-18H2,(H,28,29,30,31);1-16H,17H2,(H,27,28,29,30)/b15-10+;15-8+. The van der Waals surface area contributed by atoms with E-state index in [2.05, 4.69) is 125 Å². The SMILES string of the molecule is C(=C\c1nnn[nH]1)/c1cccc(Oc2ccc(SCc3ccc4ccccc4n3)cc2)c1.C(=C\c1nnn[nH]1)/c1cccc(SCc2ccc(OCc3ccc4ccccc4n3)cc2)c1. The van der Waals surface area contributed by atoms with Gasteiger partial charge in [0.25, 0.3) is 0 Å². The van der Waals surface area contributed by atoms with Crippen molar-refractivity contribution in [2.75, 3.05) is 0 Å². The van der Waals surface area contributed by atoms with Gasteiger partial charge in [0, 0.05) is 32.1 Å². The van der Waals surface area contributed by atoms with Crippen LogP contribution in [0.25, 0.3) is 46.1 Å². The van der Waals surface area contributed by atoms with Gasteiger partial charge >= 0.3 is 0 Å². The van der Waals surface area contributed by atoms with E-state index in [0.29, 0.717) is 18.3 Å². The van der Waals surface area contributed by atoms with Crippen LogP contribution in [0.5, 0.6) is 17.2 Å². The predicted molar refractivity (Wildman–Crippen MR) is 259 cm³/mol.